The summed E-state index contributed by atoms with van der Waals surface area (Å²) in [7, 11) is 1.33. The second-order valence-corrected chi connectivity index (χ2v) is 3.28. The monoisotopic (exact) mass is 221 g/mol. The number of ether oxygens (including phenoxy) is 1. The molecule has 0 spiro atoms. The number of aromatic nitrogens is 4. The van der Waals surface area contributed by atoms with Crippen molar-refractivity contribution in [2.45, 2.75) is 13.0 Å². The molecule has 16 heavy (non-hydrogen) atoms. The Labute approximate surface area is 91.3 Å². The first-order chi connectivity index (χ1) is 7.65. The first-order valence-corrected chi connectivity index (χ1v) is 4.66. The van der Waals surface area contributed by atoms with E-state index in [1.807, 2.05) is 0 Å². The van der Waals surface area contributed by atoms with Crippen LogP contribution in [0.5, 0.6) is 0 Å². The van der Waals surface area contributed by atoms with Gasteiger partial charge in [0.1, 0.15) is 17.9 Å². The van der Waals surface area contributed by atoms with Gasteiger partial charge in [0.15, 0.2) is 11.5 Å². The molecular formula is C9H11N5O2. The van der Waals surface area contributed by atoms with Crippen LogP contribution in [0.3, 0.4) is 0 Å². The van der Waals surface area contributed by atoms with Crippen molar-refractivity contribution in [2.75, 3.05) is 12.8 Å². The van der Waals surface area contributed by atoms with Crippen molar-refractivity contribution in [3.05, 3.63) is 12.7 Å². The lowest BCUT2D eigenvalue weighted by Gasteiger charge is -2.10. The molecule has 2 aromatic rings. The van der Waals surface area contributed by atoms with Gasteiger partial charge in [-0.25, -0.2) is 19.7 Å². The number of hydrogen-bond acceptors (Lipinski definition) is 6. The lowest BCUT2D eigenvalue weighted by Crippen LogP contribution is -2.17. The number of esters is 1. The highest BCUT2D eigenvalue weighted by atomic mass is 16.5. The Morgan fingerprint density at radius 2 is 2.25 bits per heavy atom. The van der Waals surface area contributed by atoms with Gasteiger partial charge in [0.05, 0.1) is 13.4 Å². The summed E-state index contributed by atoms with van der Waals surface area (Å²) in [6, 6.07) is -0.496. The zero-order chi connectivity index (χ0) is 11.7. The molecule has 0 saturated carbocycles. The Bertz CT molecular complexity index is 536. The third-order valence-corrected chi connectivity index (χ3v) is 2.35. The number of hydrogen-bond donors (Lipinski definition) is 1. The SMILES string of the molecule is COC(=O)C(C)n1cnc2c(N)ncnc21. The van der Waals surface area contributed by atoms with Gasteiger partial charge in [-0.1, -0.05) is 0 Å². The van der Waals surface area contributed by atoms with Crippen LogP contribution < -0.4 is 5.73 Å². The van der Waals surface area contributed by atoms with Crippen LogP contribution in [0.15, 0.2) is 12.7 Å². The number of nitrogens with zero attached hydrogens (tertiary/aromatic N) is 4. The Hall–Kier alpha value is -2.18. The molecular weight excluding hydrogens is 210 g/mol. The minimum absolute atomic E-state index is 0.292. The van der Waals surface area contributed by atoms with E-state index in [-0.39, 0.29) is 5.97 Å². The van der Waals surface area contributed by atoms with Crippen LogP contribution in [0.4, 0.5) is 5.82 Å². The van der Waals surface area contributed by atoms with Crippen LogP contribution in [0, 0.1) is 0 Å². The molecule has 2 aromatic heterocycles. The highest BCUT2D eigenvalue weighted by molar-refractivity contribution is 5.83. The molecule has 0 aliphatic carbocycles. The fraction of sp³-hybridized carbons (Fsp3) is 0.333. The van der Waals surface area contributed by atoms with Crippen molar-refractivity contribution in [3.63, 3.8) is 0 Å². The molecule has 0 radical (unpaired) electrons. The zero-order valence-electron chi connectivity index (χ0n) is 8.91. The van der Waals surface area contributed by atoms with Crippen molar-refractivity contribution in [1.29, 1.82) is 0 Å². The number of carbonyl (C=O) groups excluding carboxylic acids is 1. The summed E-state index contributed by atoms with van der Waals surface area (Å²) in [6.07, 6.45) is 2.83. The molecule has 0 fully saturated rings. The molecule has 2 rings (SSSR count). The van der Waals surface area contributed by atoms with E-state index in [9.17, 15) is 4.79 Å². The van der Waals surface area contributed by atoms with Crippen molar-refractivity contribution >= 4 is 23.0 Å². The fourth-order valence-corrected chi connectivity index (χ4v) is 1.44. The van der Waals surface area contributed by atoms with Gasteiger partial charge < -0.3 is 15.0 Å². The number of nitrogen functional groups attached to an aromatic ring is 1. The van der Waals surface area contributed by atoms with Crippen molar-refractivity contribution in [1.82, 2.24) is 19.5 Å². The predicted octanol–water partition coefficient (Wildman–Crippen LogP) is 0.142. The number of nitrogens with two attached hydrogens (primary N) is 1. The molecule has 0 aromatic carbocycles. The molecule has 2 heterocycles. The number of fused-ring (bicyclic) bond motifs is 1. The molecule has 0 bridgehead atoms. The second kappa shape index (κ2) is 3.76. The summed E-state index contributed by atoms with van der Waals surface area (Å²) >= 11 is 0. The minimum atomic E-state index is -0.496. The van der Waals surface area contributed by atoms with Crippen LogP contribution in [-0.2, 0) is 9.53 Å². The molecule has 0 saturated heterocycles. The van der Waals surface area contributed by atoms with E-state index in [1.165, 1.54) is 19.8 Å². The third-order valence-electron chi connectivity index (χ3n) is 2.35. The molecule has 84 valence electrons. The van der Waals surface area contributed by atoms with Gasteiger partial charge in [-0.15, -0.1) is 0 Å². The Balaban J connectivity index is 2.54. The standard InChI is InChI=1S/C9H11N5O2/c1-5(9(15)16-2)14-4-13-6-7(10)11-3-12-8(6)14/h3-5H,1-2H3,(H2,10,11,12). The summed E-state index contributed by atoms with van der Waals surface area (Å²) in [5.41, 5.74) is 6.64. The van der Waals surface area contributed by atoms with E-state index < -0.39 is 6.04 Å². The normalized spacial score (nSPS) is 12.6. The third kappa shape index (κ3) is 1.46. The van der Waals surface area contributed by atoms with E-state index in [2.05, 4.69) is 19.7 Å². The van der Waals surface area contributed by atoms with Crippen LogP contribution in [0.1, 0.15) is 13.0 Å². The number of anilines is 1. The van der Waals surface area contributed by atoms with E-state index in [4.69, 9.17) is 5.73 Å². The first-order valence-electron chi connectivity index (χ1n) is 4.66. The van der Waals surface area contributed by atoms with Gasteiger partial charge in [0, 0.05) is 0 Å². The number of rotatable bonds is 2. The summed E-state index contributed by atoms with van der Waals surface area (Å²) in [4.78, 5) is 23.3. The fourth-order valence-electron chi connectivity index (χ4n) is 1.44. The Morgan fingerprint density at radius 3 is 2.94 bits per heavy atom. The van der Waals surface area contributed by atoms with Crippen LogP contribution >= 0.6 is 0 Å². The van der Waals surface area contributed by atoms with E-state index >= 15 is 0 Å². The summed E-state index contributed by atoms with van der Waals surface area (Å²) < 4.78 is 6.25. The Morgan fingerprint density at radius 1 is 1.50 bits per heavy atom. The summed E-state index contributed by atoms with van der Waals surface area (Å²) in [5, 5.41) is 0. The molecule has 1 unspecified atom stereocenters. The number of methoxy groups -OCH3 is 1. The van der Waals surface area contributed by atoms with Crippen LogP contribution in [0.25, 0.3) is 11.2 Å². The van der Waals surface area contributed by atoms with Crippen LogP contribution in [0.2, 0.25) is 0 Å². The predicted molar refractivity (Wildman–Crippen MR) is 56.5 cm³/mol. The van der Waals surface area contributed by atoms with Gasteiger partial charge in [-0.2, -0.15) is 0 Å². The average Bonchev–Trinajstić information content (AvgIpc) is 2.72. The Kier molecular flexibility index (Phi) is 2.43. The highest BCUT2D eigenvalue weighted by Gasteiger charge is 2.19. The molecule has 0 amide bonds. The minimum Gasteiger partial charge on any atom is -0.467 e. The smallest absolute Gasteiger partial charge is 0.328 e. The maximum absolute atomic E-state index is 11.4. The molecule has 0 aliphatic heterocycles. The maximum Gasteiger partial charge on any atom is 0.328 e. The molecule has 1 atom stereocenters. The maximum atomic E-state index is 11.4. The summed E-state index contributed by atoms with van der Waals surface area (Å²) in [6.45, 7) is 1.70. The van der Waals surface area contributed by atoms with Gasteiger partial charge in [0.2, 0.25) is 0 Å². The quantitative estimate of drug-likeness (QED) is 0.725. The molecule has 7 heteroatoms. The molecule has 2 N–H and O–H groups in total. The van der Waals surface area contributed by atoms with Crippen LogP contribution in [-0.4, -0.2) is 32.6 Å². The topological polar surface area (TPSA) is 95.9 Å². The lowest BCUT2D eigenvalue weighted by atomic mass is 10.3. The van der Waals surface area contributed by atoms with E-state index in [1.54, 1.807) is 11.5 Å². The van der Waals surface area contributed by atoms with Gasteiger partial charge >= 0.3 is 5.97 Å². The average molecular weight is 221 g/mol. The largest absolute Gasteiger partial charge is 0.467 e. The van der Waals surface area contributed by atoms with Crippen molar-refractivity contribution < 1.29 is 9.53 Å². The van der Waals surface area contributed by atoms with Crippen molar-refractivity contribution in [3.8, 4) is 0 Å². The molecule has 7 nitrogen and oxygen atoms in total. The van der Waals surface area contributed by atoms with Gasteiger partial charge in [-0.3, -0.25) is 0 Å². The number of imidazole rings is 1. The van der Waals surface area contributed by atoms with E-state index in [0.717, 1.165) is 0 Å². The summed E-state index contributed by atoms with van der Waals surface area (Å²) in [5.74, 6) is -0.0719. The first kappa shape index (κ1) is 10.3. The molecule has 0 aliphatic rings. The van der Waals surface area contributed by atoms with Crippen molar-refractivity contribution in [2.24, 2.45) is 0 Å². The number of carbonyl (C=O) groups is 1. The second-order valence-electron chi connectivity index (χ2n) is 3.28. The zero-order valence-corrected chi connectivity index (χ0v) is 8.91. The van der Waals surface area contributed by atoms with Gasteiger partial charge in [0.25, 0.3) is 0 Å². The van der Waals surface area contributed by atoms with Gasteiger partial charge in [-0.05, 0) is 6.92 Å². The lowest BCUT2D eigenvalue weighted by molar-refractivity contribution is -0.143. The highest BCUT2D eigenvalue weighted by Crippen LogP contribution is 2.18. The van der Waals surface area contributed by atoms with E-state index in [0.29, 0.717) is 17.0 Å².